The number of amides is 1. The second-order valence-corrected chi connectivity index (χ2v) is 6.88. The van der Waals surface area contributed by atoms with Crippen LogP contribution in [0.15, 0.2) is 54.7 Å². The lowest BCUT2D eigenvalue weighted by molar-refractivity contribution is 0.0802. The largest absolute Gasteiger partial charge is 0.508 e. The van der Waals surface area contributed by atoms with Crippen molar-refractivity contribution in [1.29, 1.82) is 5.26 Å². The van der Waals surface area contributed by atoms with Gasteiger partial charge in [0, 0.05) is 23.9 Å². The van der Waals surface area contributed by atoms with Crippen LogP contribution in [-0.4, -0.2) is 50.5 Å². The fourth-order valence-electron chi connectivity index (χ4n) is 2.64. The molecule has 0 fully saturated rings. The first-order valence-electron chi connectivity index (χ1n) is 9.85. The summed E-state index contributed by atoms with van der Waals surface area (Å²) in [5.74, 6) is 0.0623. The average molecular weight is 450 g/mol. The minimum atomic E-state index is -1.01. The molecule has 11 heteroatoms. The molecule has 33 heavy (non-hydrogen) atoms. The summed E-state index contributed by atoms with van der Waals surface area (Å²) in [6.07, 6.45) is 0.331. The number of hydrogen-bond acceptors (Lipinski definition) is 10. The smallest absolute Gasteiger partial charge is 0.251 e. The lowest BCUT2D eigenvalue weighted by atomic mass is 10.1. The SMILES string of the molecule is N#Cc1cnc(NOCc2ccc(C(=O)NCC(O)CO)cc2)nc1Nc1cccc(O)c1. The zero-order valence-corrected chi connectivity index (χ0v) is 17.4. The maximum atomic E-state index is 12.0. The second kappa shape index (κ2) is 11.4. The van der Waals surface area contributed by atoms with Crippen LogP contribution in [0.4, 0.5) is 17.5 Å². The number of hydrogen-bond donors (Lipinski definition) is 6. The number of aromatic nitrogens is 2. The number of anilines is 3. The van der Waals surface area contributed by atoms with Gasteiger partial charge in [-0.3, -0.25) is 9.63 Å². The molecule has 11 nitrogen and oxygen atoms in total. The molecule has 0 saturated heterocycles. The number of aromatic hydroxyl groups is 1. The molecule has 3 aromatic rings. The van der Waals surface area contributed by atoms with Crippen molar-refractivity contribution in [3.63, 3.8) is 0 Å². The third-order valence-electron chi connectivity index (χ3n) is 4.35. The number of nitriles is 1. The predicted molar refractivity (Wildman–Crippen MR) is 118 cm³/mol. The molecule has 0 aliphatic carbocycles. The van der Waals surface area contributed by atoms with E-state index in [1.807, 2.05) is 6.07 Å². The molecule has 1 amide bonds. The Morgan fingerprint density at radius 2 is 2.00 bits per heavy atom. The van der Waals surface area contributed by atoms with E-state index in [1.54, 1.807) is 36.4 Å². The summed E-state index contributed by atoms with van der Waals surface area (Å²) in [5.41, 5.74) is 4.53. The summed E-state index contributed by atoms with van der Waals surface area (Å²) in [5, 5.41) is 42.4. The minimum Gasteiger partial charge on any atom is -0.508 e. The molecule has 0 aliphatic heterocycles. The third-order valence-corrected chi connectivity index (χ3v) is 4.35. The number of carbonyl (C=O) groups is 1. The van der Waals surface area contributed by atoms with Crippen LogP contribution in [-0.2, 0) is 11.4 Å². The van der Waals surface area contributed by atoms with E-state index in [0.717, 1.165) is 5.56 Å². The lowest BCUT2D eigenvalue weighted by Crippen LogP contribution is -2.33. The number of aliphatic hydroxyl groups excluding tert-OH is 2. The monoisotopic (exact) mass is 450 g/mol. The van der Waals surface area contributed by atoms with Gasteiger partial charge in [-0.25, -0.2) is 10.5 Å². The Hall–Kier alpha value is -4.24. The van der Waals surface area contributed by atoms with Crippen molar-refractivity contribution in [2.75, 3.05) is 23.9 Å². The van der Waals surface area contributed by atoms with Gasteiger partial charge in [-0.15, -0.1) is 0 Å². The van der Waals surface area contributed by atoms with Crippen LogP contribution in [0.25, 0.3) is 0 Å². The maximum Gasteiger partial charge on any atom is 0.251 e. The van der Waals surface area contributed by atoms with Gasteiger partial charge in [0.05, 0.1) is 25.5 Å². The van der Waals surface area contributed by atoms with Gasteiger partial charge in [0.15, 0.2) is 5.82 Å². The van der Waals surface area contributed by atoms with Gasteiger partial charge >= 0.3 is 0 Å². The molecule has 3 rings (SSSR count). The van der Waals surface area contributed by atoms with Gasteiger partial charge in [-0.2, -0.15) is 10.2 Å². The van der Waals surface area contributed by atoms with E-state index < -0.39 is 12.7 Å². The van der Waals surface area contributed by atoms with Crippen molar-refractivity contribution in [2.45, 2.75) is 12.7 Å². The molecule has 6 N–H and O–H groups in total. The van der Waals surface area contributed by atoms with E-state index in [2.05, 4.69) is 26.1 Å². The summed E-state index contributed by atoms with van der Waals surface area (Å²) in [7, 11) is 0. The van der Waals surface area contributed by atoms with Crippen molar-refractivity contribution >= 4 is 23.4 Å². The minimum absolute atomic E-state index is 0.0447. The van der Waals surface area contributed by atoms with Gasteiger partial charge in [0.2, 0.25) is 5.95 Å². The van der Waals surface area contributed by atoms with E-state index in [4.69, 9.17) is 9.94 Å². The van der Waals surface area contributed by atoms with Crippen molar-refractivity contribution in [2.24, 2.45) is 0 Å². The first-order valence-corrected chi connectivity index (χ1v) is 9.85. The summed E-state index contributed by atoms with van der Waals surface area (Å²) in [6.45, 7) is -0.333. The molecule has 1 atom stereocenters. The van der Waals surface area contributed by atoms with Crippen LogP contribution < -0.4 is 16.1 Å². The summed E-state index contributed by atoms with van der Waals surface area (Å²) >= 11 is 0. The van der Waals surface area contributed by atoms with Crippen LogP contribution in [0.1, 0.15) is 21.5 Å². The molecule has 0 spiro atoms. The van der Waals surface area contributed by atoms with Gasteiger partial charge in [0.1, 0.15) is 17.4 Å². The van der Waals surface area contributed by atoms with Crippen LogP contribution in [0.3, 0.4) is 0 Å². The van der Waals surface area contributed by atoms with E-state index in [0.29, 0.717) is 11.3 Å². The number of rotatable bonds is 10. The molecule has 2 aromatic carbocycles. The molecule has 1 unspecified atom stereocenters. The van der Waals surface area contributed by atoms with Crippen molar-refractivity contribution in [3.05, 3.63) is 71.4 Å². The van der Waals surface area contributed by atoms with Gasteiger partial charge in [-0.05, 0) is 29.8 Å². The summed E-state index contributed by atoms with van der Waals surface area (Å²) in [4.78, 5) is 25.7. The number of nitrogens with one attached hydrogen (secondary N) is 3. The highest BCUT2D eigenvalue weighted by Gasteiger charge is 2.10. The normalized spacial score (nSPS) is 11.3. The highest BCUT2D eigenvalue weighted by Crippen LogP contribution is 2.22. The summed E-state index contributed by atoms with van der Waals surface area (Å²) < 4.78 is 0. The van der Waals surface area contributed by atoms with E-state index in [9.17, 15) is 20.3 Å². The molecule has 1 heterocycles. The molecule has 0 bridgehead atoms. The molecule has 1 aromatic heterocycles. The fourth-order valence-corrected chi connectivity index (χ4v) is 2.64. The Bertz CT molecular complexity index is 1130. The molecular weight excluding hydrogens is 428 g/mol. The lowest BCUT2D eigenvalue weighted by Gasteiger charge is -2.11. The van der Waals surface area contributed by atoms with Crippen LogP contribution in [0, 0.1) is 11.3 Å². The Kier molecular flexibility index (Phi) is 8.09. The zero-order chi connectivity index (χ0) is 23.6. The molecule has 0 aliphatic rings. The number of aliphatic hydroxyl groups is 2. The highest BCUT2D eigenvalue weighted by molar-refractivity contribution is 5.94. The Labute approximate surface area is 189 Å². The third kappa shape index (κ3) is 6.88. The van der Waals surface area contributed by atoms with Crippen molar-refractivity contribution < 1.29 is 25.0 Å². The molecule has 0 saturated carbocycles. The van der Waals surface area contributed by atoms with Gasteiger partial charge in [-0.1, -0.05) is 18.2 Å². The van der Waals surface area contributed by atoms with Gasteiger partial charge < -0.3 is 26.0 Å². The van der Waals surface area contributed by atoms with Crippen molar-refractivity contribution in [1.82, 2.24) is 15.3 Å². The standard InChI is InChI=1S/C22H22N6O5/c23-9-16-10-25-22(27-20(16)26-17-2-1-3-18(30)8-17)28-33-13-14-4-6-15(7-5-14)21(32)24-11-19(31)12-29/h1-8,10,19,29-31H,11-13H2,(H,24,32)(H2,25,26,27,28). The Balaban J connectivity index is 1.56. The highest BCUT2D eigenvalue weighted by atomic mass is 16.6. The maximum absolute atomic E-state index is 12.0. The molecular formula is C22H22N6O5. The number of nitrogens with zero attached hydrogens (tertiary/aromatic N) is 3. The molecule has 170 valence electrons. The Morgan fingerprint density at radius 1 is 1.21 bits per heavy atom. The van der Waals surface area contributed by atoms with Crippen LogP contribution in [0.2, 0.25) is 0 Å². The van der Waals surface area contributed by atoms with E-state index in [-0.39, 0.29) is 42.1 Å². The summed E-state index contributed by atoms with van der Waals surface area (Å²) in [6, 6.07) is 15.0. The predicted octanol–water partition coefficient (Wildman–Crippen LogP) is 1.42. The first-order chi connectivity index (χ1) is 16.0. The van der Waals surface area contributed by atoms with Crippen LogP contribution in [0.5, 0.6) is 5.75 Å². The Morgan fingerprint density at radius 3 is 2.70 bits per heavy atom. The molecule has 0 radical (unpaired) electrons. The van der Waals surface area contributed by atoms with Gasteiger partial charge in [0.25, 0.3) is 5.91 Å². The van der Waals surface area contributed by atoms with Crippen LogP contribution >= 0.6 is 0 Å². The quantitative estimate of drug-likeness (QED) is 0.248. The second-order valence-electron chi connectivity index (χ2n) is 6.88. The zero-order valence-electron chi connectivity index (χ0n) is 17.4. The van der Waals surface area contributed by atoms with E-state index in [1.165, 1.54) is 18.3 Å². The average Bonchev–Trinajstić information content (AvgIpc) is 2.83. The fraction of sp³-hybridized carbons (Fsp3) is 0.182. The number of phenolic OH excluding ortho intramolecular Hbond substituents is 1. The topological polar surface area (TPSA) is 173 Å². The number of benzene rings is 2. The number of phenols is 1. The van der Waals surface area contributed by atoms with E-state index >= 15 is 0 Å². The van der Waals surface area contributed by atoms with Crippen molar-refractivity contribution in [3.8, 4) is 11.8 Å². The number of carbonyl (C=O) groups excluding carboxylic acids is 1. The first kappa shape index (κ1) is 23.4.